The summed E-state index contributed by atoms with van der Waals surface area (Å²) in [6.07, 6.45) is -4.50. The quantitative estimate of drug-likeness (QED) is 0.809. The van der Waals surface area contributed by atoms with Gasteiger partial charge in [0.15, 0.2) is 6.61 Å². The summed E-state index contributed by atoms with van der Waals surface area (Å²) in [5.74, 6) is -0.562. The molecular formula is C19H19F3N2O3. The third-order valence-electron chi connectivity index (χ3n) is 3.80. The number of halogens is 3. The van der Waals surface area contributed by atoms with E-state index in [1.807, 2.05) is 5.32 Å². The molecule has 1 atom stereocenters. The fraction of sp³-hybridized carbons (Fsp3) is 0.263. The Bertz CT molecular complexity index is 805. The molecule has 0 aromatic heterocycles. The van der Waals surface area contributed by atoms with Crippen LogP contribution in [-0.4, -0.2) is 37.7 Å². The van der Waals surface area contributed by atoms with E-state index in [1.165, 1.54) is 19.2 Å². The standard InChI is InChI=1S/C19H19F3N2O3/c1-12(19(20,21)22)24-18(26)15-5-3-4-14(10-15)13-6-8-16(9-7-13)27-11-17(25)23-2/h3-10,12H,11H2,1-2H3,(H,23,25)(H,24,26). The van der Waals surface area contributed by atoms with Crippen LogP contribution >= 0.6 is 0 Å². The predicted octanol–water partition coefficient (Wildman–Crippen LogP) is 3.16. The Kier molecular flexibility index (Phi) is 6.44. The minimum Gasteiger partial charge on any atom is -0.484 e. The van der Waals surface area contributed by atoms with E-state index in [-0.39, 0.29) is 18.1 Å². The van der Waals surface area contributed by atoms with Crippen molar-refractivity contribution in [2.75, 3.05) is 13.7 Å². The van der Waals surface area contributed by atoms with Gasteiger partial charge in [-0.1, -0.05) is 24.3 Å². The van der Waals surface area contributed by atoms with Crippen LogP contribution in [0.1, 0.15) is 17.3 Å². The van der Waals surface area contributed by atoms with E-state index in [0.717, 1.165) is 12.5 Å². The normalized spacial score (nSPS) is 12.2. The van der Waals surface area contributed by atoms with Crippen LogP contribution in [0.4, 0.5) is 13.2 Å². The Balaban J connectivity index is 2.10. The lowest BCUT2D eigenvalue weighted by atomic mass is 10.0. The predicted molar refractivity (Wildman–Crippen MR) is 94.4 cm³/mol. The SMILES string of the molecule is CNC(=O)COc1ccc(-c2cccc(C(=O)NC(C)C(F)(F)F)c2)cc1. The molecule has 27 heavy (non-hydrogen) atoms. The average molecular weight is 380 g/mol. The summed E-state index contributed by atoms with van der Waals surface area (Å²) in [7, 11) is 1.51. The van der Waals surface area contributed by atoms with E-state index in [2.05, 4.69) is 5.32 Å². The molecule has 2 rings (SSSR count). The first-order valence-electron chi connectivity index (χ1n) is 8.12. The number of carbonyl (C=O) groups is 2. The molecule has 0 aliphatic carbocycles. The van der Waals surface area contributed by atoms with Crippen molar-refractivity contribution in [3.63, 3.8) is 0 Å². The number of hydrogen-bond acceptors (Lipinski definition) is 3. The van der Waals surface area contributed by atoms with E-state index >= 15 is 0 Å². The van der Waals surface area contributed by atoms with Crippen LogP contribution in [0.15, 0.2) is 48.5 Å². The Hall–Kier alpha value is -3.03. The Morgan fingerprint density at radius 2 is 1.74 bits per heavy atom. The lowest BCUT2D eigenvalue weighted by Gasteiger charge is -2.17. The summed E-state index contributed by atoms with van der Waals surface area (Å²) < 4.78 is 43.1. The van der Waals surface area contributed by atoms with Crippen molar-refractivity contribution in [1.29, 1.82) is 0 Å². The number of nitrogens with one attached hydrogen (secondary N) is 2. The van der Waals surface area contributed by atoms with E-state index in [1.54, 1.807) is 36.4 Å². The van der Waals surface area contributed by atoms with Gasteiger partial charge < -0.3 is 15.4 Å². The highest BCUT2D eigenvalue weighted by Crippen LogP contribution is 2.24. The first-order chi connectivity index (χ1) is 12.7. The molecule has 0 radical (unpaired) electrons. The zero-order chi connectivity index (χ0) is 20.0. The summed E-state index contributed by atoms with van der Waals surface area (Å²) in [4.78, 5) is 23.2. The lowest BCUT2D eigenvalue weighted by molar-refractivity contribution is -0.149. The minimum atomic E-state index is -4.50. The minimum absolute atomic E-state index is 0.108. The molecular weight excluding hydrogens is 361 g/mol. The molecule has 2 amide bonds. The molecule has 0 fully saturated rings. The highest BCUT2D eigenvalue weighted by Gasteiger charge is 2.37. The monoisotopic (exact) mass is 380 g/mol. The number of benzene rings is 2. The fourth-order valence-corrected chi connectivity index (χ4v) is 2.17. The van der Waals surface area contributed by atoms with Crippen LogP contribution in [0.5, 0.6) is 5.75 Å². The third-order valence-corrected chi connectivity index (χ3v) is 3.80. The maximum atomic E-state index is 12.6. The molecule has 2 aromatic rings. The number of hydrogen-bond donors (Lipinski definition) is 2. The Morgan fingerprint density at radius 3 is 2.33 bits per heavy atom. The molecule has 0 aliphatic rings. The maximum absolute atomic E-state index is 12.6. The number of rotatable bonds is 6. The van der Waals surface area contributed by atoms with Crippen molar-refractivity contribution in [2.24, 2.45) is 0 Å². The smallest absolute Gasteiger partial charge is 0.408 e. The molecule has 0 saturated carbocycles. The van der Waals surface area contributed by atoms with Gasteiger partial charge in [0.2, 0.25) is 0 Å². The van der Waals surface area contributed by atoms with E-state index in [4.69, 9.17) is 4.74 Å². The molecule has 2 aromatic carbocycles. The van der Waals surface area contributed by atoms with Gasteiger partial charge in [0.05, 0.1) is 0 Å². The third kappa shape index (κ3) is 5.73. The van der Waals surface area contributed by atoms with Gasteiger partial charge in [0, 0.05) is 12.6 Å². The summed E-state index contributed by atoms with van der Waals surface area (Å²) in [5.41, 5.74) is 1.55. The summed E-state index contributed by atoms with van der Waals surface area (Å²) in [6, 6.07) is 11.1. The molecule has 0 heterocycles. The second kappa shape index (κ2) is 8.57. The van der Waals surface area contributed by atoms with E-state index in [0.29, 0.717) is 11.3 Å². The number of likely N-dealkylation sites (N-methyl/N-ethyl adjacent to an activating group) is 1. The highest BCUT2D eigenvalue weighted by molar-refractivity contribution is 5.95. The number of amides is 2. The number of carbonyl (C=O) groups excluding carboxylic acids is 2. The van der Waals surface area contributed by atoms with Crippen molar-refractivity contribution >= 4 is 11.8 Å². The molecule has 144 valence electrons. The van der Waals surface area contributed by atoms with Gasteiger partial charge in [-0.05, 0) is 42.3 Å². The molecule has 5 nitrogen and oxygen atoms in total. The van der Waals surface area contributed by atoms with Gasteiger partial charge >= 0.3 is 6.18 Å². The van der Waals surface area contributed by atoms with E-state index < -0.39 is 18.1 Å². The van der Waals surface area contributed by atoms with Crippen molar-refractivity contribution in [1.82, 2.24) is 10.6 Å². The molecule has 0 saturated heterocycles. The van der Waals surface area contributed by atoms with Crippen LogP contribution in [0, 0.1) is 0 Å². The average Bonchev–Trinajstić information content (AvgIpc) is 2.65. The van der Waals surface area contributed by atoms with Crippen LogP contribution in [0.2, 0.25) is 0 Å². The number of ether oxygens (including phenoxy) is 1. The maximum Gasteiger partial charge on any atom is 0.408 e. The first kappa shape index (κ1) is 20.3. The summed E-state index contributed by atoms with van der Waals surface area (Å²) in [6.45, 7) is 0.780. The zero-order valence-corrected chi connectivity index (χ0v) is 14.8. The highest BCUT2D eigenvalue weighted by atomic mass is 19.4. The van der Waals surface area contributed by atoms with Crippen LogP contribution < -0.4 is 15.4 Å². The molecule has 1 unspecified atom stereocenters. The van der Waals surface area contributed by atoms with Gasteiger partial charge in [-0.3, -0.25) is 9.59 Å². The van der Waals surface area contributed by atoms with Gasteiger partial charge in [0.1, 0.15) is 11.8 Å². The summed E-state index contributed by atoms with van der Waals surface area (Å²) >= 11 is 0. The molecule has 0 spiro atoms. The van der Waals surface area contributed by atoms with Gasteiger partial charge in [-0.2, -0.15) is 13.2 Å². The first-order valence-corrected chi connectivity index (χ1v) is 8.12. The van der Waals surface area contributed by atoms with Gasteiger partial charge in [-0.15, -0.1) is 0 Å². The number of alkyl halides is 3. The zero-order valence-electron chi connectivity index (χ0n) is 14.8. The Labute approximate surface area is 154 Å². The van der Waals surface area contributed by atoms with Gasteiger partial charge in [0.25, 0.3) is 11.8 Å². The fourth-order valence-electron chi connectivity index (χ4n) is 2.17. The molecule has 2 N–H and O–H groups in total. The van der Waals surface area contributed by atoms with Crippen molar-refractivity contribution in [3.8, 4) is 16.9 Å². The summed E-state index contributed by atoms with van der Waals surface area (Å²) in [5, 5.41) is 4.37. The van der Waals surface area contributed by atoms with Crippen molar-refractivity contribution < 1.29 is 27.5 Å². The van der Waals surface area contributed by atoms with Crippen molar-refractivity contribution in [2.45, 2.75) is 19.1 Å². The lowest BCUT2D eigenvalue weighted by Crippen LogP contribution is -2.43. The van der Waals surface area contributed by atoms with Crippen LogP contribution in [0.25, 0.3) is 11.1 Å². The second-order valence-electron chi connectivity index (χ2n) is 5.80. The van der Waals surface area contributed by atoms with Crippen LogP contribution in [0.3, 0.4) is 0 Å². The second-order valence-corrected chi connectivity index (χ2v) is 5.80. The largest absolute Gasteiger partial charge is 0.484 e. The van der Waals surface area contributed by atoms with Gasteiger partial charge in [-0.25, -0.2) is 0 Å². The van der Waals surface area contributed by atoms with Crippen LogP contribution in [-0.2, 0) is 4.79 Å². The van der Waals surface area contributed by atoms with Crippen molar-refractivity contribution in [3.05, 3.63) is 54.1 Å². The molecule has 8 heteroatoms. The molecule has 0 bridgehead atoms. The molecule has 0 aliphatic heterocycles. The van der Waals surface area contributed by atoms with E-state index in [9.17, 15) is 22.8 Å². The Morgan fingerprint density at radius 1 is 1.07 bits per heavy atom. The topological polar surface area (TPSA) is 67.4 Å².